The molecule has 3 nitrogen and oxygen atoms in total. The Labute approximate surface area is 109 Å². The van der Waals surface area contributed by atoms with Crippen LogP contribution >= 0.6 is 0 Å². The van der Waals surface area contributed by atoms with E-state index < -0.39 is 0 Å². The Morgan fingerprint density at radius 3 is 2.39 bits per heavy atom. The summed E-state index contributed by atoms with van der Waals surface area (Å²) in [6, 6.07) is 7.86. The maximum absolute atomic E-state index is 12.0. The first-order valence-electron chi connectivity index (χ1n) is 6.66. The van der Waals surface area contributed by atoms with Gasteiger partial charge in [0.25, 0.3) is 0 Å². The van der Waals surface area contributed by atoms with E-state index in [1.54, 1.807) is 0 Å². The molecule has 0 atom stereocenters. The number of hydrogen-bond acceptors (Lipinski definition) is 3. The zero-order valence-corrected chi connectivity index (χ0v) is 11.4. The second-order valence-electron chi connectivity index (χ2n) is 4.46. The number of benzene rings is 1. The number of aryl methyl sites for hydroxylation is 1. The Bertz CT molecular complexity index is 359. The molecule has 0 aromatic heterocycles. The van der Waals surface area contributed by atoms with Crippen LogP contribution in [0, 0.1) is 0 Å². The number of Topliss-reactive ketones (excluding diaryl/α,β-unsaturated/α-hetero) is 1. The maximum Gasteiger partial charge on any atom is 0.176 e. The quantitative estimate of drug-likeness (QED) is 0.718. The van der Waals surface area contributed by atoms with Gasteiger partial charge in [-0.25, -0.2) is 0 Å². The van der Waals surface area contributed by atoms with Gasteiger partial charge >= 0.3 is 0 Å². The number of carbonyl (C=O) groups is 1. The fourth-order valence-electron chi connectivity index (χ4n) is 1.93. The average Bonchev–Trinajstić information content (AvgIpc) is 2.39. The highest BCUT2D eigenvalue weighted by molar-refractivity contribution is 5.97. The lowest BCUT2D eigenvalue weighted by atomic mass is 10.1. The molecule has 3 heteroatoms. The van der Waals surface area contributed by atoms with Crippen LogP contribution in [0.2, 0.25) is 0 Å². The van der Waals surface area contributed by atoms with Crippen LogP contribution in [0.4, 0.5) is 0 Å². The number of rotatable bonds is 8. The van der Waals surface area contributed by atoms with E-state index >= 15 is 0 Å². The fraction of sp³-hybridized carbons (Fsp3) is 0.533. The molecule has 1 aromatic carbocycles. The lowest BCUT2D eigenvalue weighted by molar-refractivity contribution is 0.0919. The molecule has 0 spiro atoms. The summed E-state index contributed by atoms with van der Waals surface area (Å²) in [6.07, 6.45) is 2.17. The minimum absolute atomic E-state index is 0.0938. The number of ketones is 1. The van der Waals surface area contributed by atoms with E-state index in [1.165, 1.54) is 5.56 Å². The first kappa shape index (κ1) is 14.9. The molecule has 0 saturated heterocycles. The first-order chi connectivity index (χ1) is 8.71. The molecule has 0 fully saturated rings. The number of likely N-dealkylation sites (N-methyl/N-ethyl adjacent to an activating group) is 1. The van der Waals surface area contributed by atoms with Crippen molar-refractivity contribution in [1.29, 1.82) is 0 Å². The molecular weight excluding hydrogens is 226 g/mol. The van der Waals surface area contributed by atoms with E-state index in [4.69, 9.17) is 5.11 Å². The van der Waals surface area contributed by atoms with E-state index in [2.05, 4.69) is 6.92 Å². The summed E-state index contributed by atoms with van der Waals surface area (Å²) in [4.78, 5) is 14.0. The minimum atomic E-state index is 0.0938. The zero-order chi connectivity index (χ0) is 13.4. The molecule has 0 saturated carbocycles. The highest BCUT2D eigenvalue weighted by atomic mass is 16.3. The largest absolute Gasteiger partial charge is 0.395 e. The van der Waals surface area contributed by atoms with Gasteiger partial charge in [-0.2, -0.15) is 0 Å². The van der Waals surface area contributed by atoms with E-state index in [-0.39, 0.29) is 12.4 Å². The number of nitrogens with zero attached hydrogens (tertiary/aromatic N) is 1. The Balaban J connectivity index is 2.60. The van der Waals surface area contributed by atoms with Gasteiger partial charge in [0.05, 0.1) is 13.2 Å². The SMILES string of the molecule is CCCc1ccc(C(=O)CN(CC)CCO)cc1. The normalized spacial score (nSPS) is 10.9. The summed E-state index contributed by atoms with van der Waals surface area (Å²) in [5, 5.41) is 8.89. The second-order valence-corrected chi connectivity index (χ2v) is 4.46. The van der Waals surface area contributed by atoms with Crippen molar-refractivity contribution < 1.29 is 9.90 Å². The number of aliphatic hydroxyl groups excluding tert-OH is 1. The molecule has 0 aliphatic heterocycles. The minimum Gasteiger partial charge on any atom is -0.395 e. The number of aliphatic hydroxyl groups is 1. The molecule has 18 heavy (non-hydrogen) atoms. The predicted octanol–water partition coefficient (Wildman–Crippen LogP) is 2.14. The van der Waals surface area contributed by atoms with Crippen LogP contribution in [0.25, 0.3) is 0 Å². The van der Waals surface area contributed by atoms with Crippen LogP contribution in [0.1, 0.15) is 36.2 Å². The maximum atomic E-state index is 12.0. The fourth-order valence-corrected chi connectivity index (χ4v) is 1.93. The third-order valence-corrected chi connectivity index (χ3v) is 3.05. The number of carbonyl (C=O) groups excluding carboxylic acids is 1. The molecule has 1 aromatic rings. The van der Waals surface area contributed by atoms with Crippen molar-refractivity contribution in [3.05, 3.63) is 35.4 Å². The summed E-state index contributed by atoms with van der Waals surface area (Å²) in [7, 11) is 0. The molecule has 0 amide bonds. The molecule has 100 valence electrons. The van der Waals surface area contributed by atoms with Gasteiger partial charge in [-0.1, -0.05) is 44.5 Å². The Morgan fingerprint density at radius 2 is 1.89 bits per heavy atom. The Morgan fingerprint density at radius 1 is 1.22 bits per heavy atom. The van der Waals surface area contributed by atoms with E-state index in [9.17, 15) is 4.79 Å². The van der Waals surface area contributed by atoms with E-state index in [0.717, 1.165) is 24.9 Å². The average molecular weight is 249 g/mol. The van der Waals surface area contributed by atoms with Crippen LogP contribution in [0.15, 0.2) is 24.3 Å². The van der Waals surface area contributed by atoms with Gasteiger partial charge in [-0.15, -0.1) is 0 Å². The highest BCUT2D eigenvalue weighted by Gasteiger charge is 2.10. The standard InChI is InChI=1S/C15H23NO2/c1-3-5-13-6-8-14(9-7-13)15(18)12-16(4-2)10-11-17/h6-9,17H,3-5,10-12H2,1-2H3. The molecule has 0 unspecified atom stereocenters. The van der Waals surface area contributed by atoms with Crippen molar-refractivity contribution in [2.45, 2.75) is 26.7 Å². The van der Waals surface area contributed by atoms with Crippen LogP contribution in [0.5, 0.6) is 0 Å². The third-order valence-electron chi connectivity index (χ3n) is 3.05. The van der Waals surface area contributed by atoms with Gasteiger partial charge in [0.1, 0.15) is 0 Å². The van der Waals surface area contributed by atoms with Gasteiger partial charge in [0.15, 0.2) is 5.78 Å². The third kappa shape index (κ3) is 4.59. The summed E-state index contributed by atoms with van der Waals surface area (Å²) in [5.41, 5.74) is 2.03. The van der Waals surface area contributed by atoms with Crippen LogP contribution in [-0.2, 0) is 6.42 Å². The topological polar surface area (TPSA) is 40.5 Å². The van der Waals surface area contributed by atoms with Crippen molar-refractivity contribution in [2.75, 3.05) is 26.2 Å². The van der Waals surface area contributed by atoms with Crippen molar-refractivity contribution in [2.24, 2.45) is 0 Å². The van der Waals surface area contributed by atoms with Crippen molar-refractivity contribution >= 4 is 5.78 Å². The van der Waals surface area contributed by atoms with Crippen LogP contribution in [0.3, 0.4) is 0 Å². The molecule has 1 N–H and O–H groups in total. The lowest BCUT2D eigenvalue weighted by Gasteiger charge is -2.17. The summed E-state index contributed by atoms with van der Waals surface area (Å²) < 4.78 is 0. The van der Waals surface area contributed by atoms with Crippen molar-refractivity contribution in [3.63, 3.8) is 0 Å². The number of hydrogen-bond donors (Lipinski definition) is 1. The Kier molecular flexibility index (Phi) is 6.61. The van der Waals surface area contributed by atoms with Gasteiger partial charge in [-0.05, 0) is 18.5 Å². The summed E-state index contributed by atoms with van der Waals surface area (Å²) in [6.45, 7) is 5.94. The molecule has 0 radical (unpaired) electrons. The van der Waals surface area contributed by atoms with Gasteiger partial charge in [0.2, 0.25) is 0 Å². The van der Waals surface area contributed by atoms with Crippen LogP contribution < -0.4 is 0 Å². The van der Waals surface area contributed by atoms with Gasteiger partial charge < -0.3 is 5.11 Å². The smallest absolute Gasteiger partial charge is 0.176 e. The van der Waals surface area contributed by atoms with Crippen LogP contribution in [-0.4, -0.2) is 42.0 Å². The van der Waals surface area contributed by atoms with E-state index in [1.807, 2.05) is 36.1 Å². The monoisotopic (exact) mass is 249 g/mol. The molecular formula is C15H23NO2. The summed E-state index contributed by atoms with van der Waals surface area (Å²) in [5.74, 6) is 0.119. The first-order valence-corrected chi connectivity index (χ1v) is 6.66. The second kappa shape index (κ2) is 8.01. The molecule has 0 heterocycles. The van der Waals surface area contributed by atoms with Gasteiger partial charge in [0, 0.05) is 12.1 Å². The van der Waals surface area contributed by atoms with Crippen molar-refractivity contribution in [3.8, 4) is 0 Å². The molecule has 0 aliphatic carbocycles. The molecule has 0 bridgehead atoms. The van der Waals surface area contributed by atoms with Gasteiger partial charge in [-0.3, -0.25) is 9.69 Å². The molecule has 0 aliphatic rings. The molecule has 1 rings (SSSR count). The summed E-state index contributed by atoms with van der Waals surface area (Å²) >= 11 is 0. The lowest BCUT2D eigenvalue weighted by Crippen LogP contribution is -2.32. The van der Waals surface area contributed by atoms with E-state index in [0.29, 0.717) is 13.1 Å². The van der Waals surface area contributed by atoms with Crippen molar-refractivity contribution in [1.82, 2.24) is 4.90 Å². The Hall–Kier alpha value is -1.19. The predicted molar refractivity (Wildman–Crippen MR) is 74.0 cm³/mol. The highest BCUT2D eigenvalue weighted by Crippen LogP contribution is 2.08. The zero-order valence-electron chi connectivity index (χ0n) is 11.4.